The molecule has 1 aliphatic heterocycles. The summed E-state index contributed by atoms with van der Waals surface area (Å²) in [5, 5.41) is 12.2. The van der Waals surface area contributed by atoms with Crippen molar-refractivity contribution in [3.63, 3.8) is 0 Å². The van der Waals surface area contributed by atoms with Crippen LogP contribution in [0, 0.1) is 23.6 Å². The molecule has 1 aromatic heterocycles. The highest BCUT2D eigenvalue weighted by atomic mass is 19.4. The lowest BCUT2D eigenvalue weighted by atomic mass is 9.78. The number of carbonyl (C=O) groups excluding carboxylic acids is 1. The molecule has 2 heterocycles. The Labute approximate surface area is 211 Å². The van der Waals surface area contributed by atoms with Crippen molar-refractivity contribution >= 4 is 23.1 Å². The van der Waals surface area contributed by atoms with Crippen molar-refractivity contribution in [1.29, 1.82) is 0 Å². The molecule has 1 saturated carbocycles. The van der Waals surface area contributed by atoms with Crippen LogP contribution in [0.15, 0.2) is 12.1 Å². The quantitative estimate of drug-likeness (QED) is 0.444. The number of hydrogen-bond acceptors (Lipinski definition) is 5. The predicted molar refractivity (Wildman–Crippen MR) is 124 cm³/mol. The van der Waals surface area contributed by atoms with Gasteiger partial charge >= 0.3 is 18.2 Å². The first kappa shape index (κ1) is 27.2. The number of amides is 1. The van der Waals surface area contributed by atoms with Crippen LogP contribution in [-0.4, -0.2) is 52.1 Å². The van der Waals surface area contributed by atoms with Crippen LogP contribution in [-0.2, 0) is 14.3 Å². The molecule has 1 amide bonds. The third-order valence-corrected chi connectivity index (χ3v) is 7.11. The number of aliphatic carboxylic acids is 1. The van der Waals surface area contributed by atoms with Crippen molar-refractivity contribution in [1.82, 2.24) is 15.3 Å². The Balaban J connectivity index is 1.65. The highest BCUT2D eigenvalue weighted by molar-refractivity contribution is 5.78. The molecule has 204 valence electrons. The van der Waals surface area contributed by atoms with E-state index in [-0.39, 0.29) is 61.7 Å². The Morgan fingerprint density at radius 1 is 1.16 bits per heavy atom. The number of aromatic nitrogens is 2. The van der Waals surface area contributed by atoms with Gasteiger partial charge in [0.05, 0.1) is 36.6 Å². The van der Waals surface area contributed by atoms with Gasteiger partial charge < -0.3 is 24.9 Å². The second-order valence-electron chi connectivity index (χ2n) is 10.9. The molecule has 3 N–H and O–H groups in total. The summed E-state index contributed by atoms with van der Waals surface area (Å²) in [5.74, 6) is -4.94. The summed E-state index contributed by atoms with van der Waals surface area (Å²) < 4.78 is 65.9. The Hall–Kier alpha value is -2.89. The van der Waals surface area contributed by atoms with E-state index in [4.69, 9.17) is 9.47 Å². The first-order valence-electron chi connectivity index (χ1n) is 12.3. The van der Waals surface area contributed by atoms with E-state index in [0.29, 0.717) is 5.52 Å². The standard InChI is InChI=1S/C25H31F4N3O5/c1-24(2,3)37-23(35)32-19(12-4-6-13(7-5-12)25(27,28)29)21-30-17-9-8-14(18(26)20(17)31-21)15-10-36-11-16(15)22(33)34/h8-9,12-13,15-16,19H,4-7,10-11H2,1-3H3,(H,30,31)(H,32,35)(H,33,34)/t12?,13?,15?,16?,19-/m0/s1. The van der Waals surface area contributed by atoms with Gasteiger partial charge in [0.25, 0.3) is 0 Å². The molecule has 1 saturated heterocycles. The van der Waals surface area contributed by atoms with Gasteiger partial charge in [-0.05, 0) is 64.0 Å². The molecule has 1 aromatic carbocycles. The summed E-state index contributed by atoms with van der Waals surface area (Å²) in [6.45, 7) is 5.09. The first-order chi connectivity index (χ1) is 17.2. The Bertz CT molecular complexity index is 1150. The van der Waals surface area contributed by atoms with Gasteiger partial charge in [-0.2, -0.15) is 13.2 Å². The largest absolute Gasteiger partial charge is 0.481 e. The number of rotatable bonds is 5. The normalized spacial score (nSPS) is 25.7. The number of benzene rings is 1. The molecule has 8 nitrogen and oxygen atoms in total. The van der Waals surface area contributed by atoms with Crippen molar-refractivity contribution in [3.05, 3.63) is 29.3 Å². The summed E-state index contributed by atoms with van der Waals surface area (Å²) in [4.78, 5) is 31.6. The minimum absolute atomic E-state index is 0.0220. The van der Waals surface area contributed by atoms with Gasteiger partial charge in [-0.3, -0.25) is 4.79 Å². The molecule has 0 bridgehead atoms. The lowest BCUT2D eigenvalue weighted by molar-refractivity contribution is -0.184. The zero-order chi connectivity index (χ0) is 27.1. The van der Waals surface area contributed by atoms with Crippen molar-refractivity contribution in [2.45, 2.75) is 70.2 Å². The van der Waals surface area contributed by atoms with Gasteiger partial charge in [0.1, 0.15) is 16.9 Å². The maximum atomic E-state index is 15.6. The number of H-pyrrole nitrogens is 1. The number of carboxylic acids is 1. The number of halogens is 4. The van der Waals surface area contributed by atoms with Crippen molar-refractivity contribution in [2.24, 2.45) is 17.8 Å². The molecule has 1 aliphatic carbocycles. The number of nitrogens with one attached hydrogen (secondary N) is 2. The molecule has 4 rings (SSSR count). The minimum Gasteiger partial charge on any atom is -0.481 e. The number of hydrogen-bond donors (Lipinski definition) is 3. The van der Waals surface area contributed by atoms with Gasteiger partial charge in [-0.1, -0.05) is 6.07 Å². The number of alkyl carbamates (subject to hydrolysis) is 1. The van der Waals surface area contributed by atoms with Gasteiger partial charge in [0.2, 0.25) is 0 Å². The SMILES string of the molecule is CC(C)(C)OC(=O)N[C@H](c1nc2c(F)c(C3COCC3C(=O)O)ccc2[nH]1)C1CCC(C(F)(F)F)CC1. The number of carboxylic acid groups (broad SMARTS) is 1. The van der Waals surface area contributed by atoms with E-state index in [0.717, 1.165) is 0 Å². The summed E-state index contributed by atoms with van der Waals surface area (Å²) in [5.41, 5.74) is -0.357. The molecule has 2 unspecified atom stereocenters. The van der Waals surface area contributed by atoms with Crippen LogP contribution < -0.4 is 5.32 Å². The monoisotopic (exact) mass is 529 g/mol. The molecule has 0 spiro atoms. The molecule has 0 radical (unpaired) electrons. The second kappa shape index (κ2) is 10.1. The van der Waals surface area contributed by atoms with Gasteiger partial charge in [-0.25, -0.2) is 14.2 Å². The fourth-order valence-corrected chi connectivity index (χ4v) is 5.24. The summed E-state index contributed by atoms with van der Waals surface area (Å²) in [7, 11) is 0. The average Bonchev–Trinajstić information content (AvgIpc) is 3.44. The summed E-state index contributed by atoms with van der Waals surface area (Å²) in [6, 6.07) is 2.23. The number of alkyl halides is 3. The molecular weight excluding hydrogens is 498 g/mol. The summed E-state index contributed by atoms with van der Waals surface area (Å²) >= 11 is 0. The molecule has 2 aromatic rings. The predicted octanol–water partition coefficient (Wildman–Crippen LogP) is 5.45. The average molecular weight is 530 g/mol. The maximum Gasteiger partial charge on any atom is 0.408 e. The van der Waals surface area contributed by atoms with Crippen LogP contribution in [0.5, 0.6) is 0 Å². The number of aromatic amines is 1. The van der Waals surface area contributed by atoms with E-state index in [1.165, 1.54) is 6.07 Å². The fraction of sp³-hybridized carbons (Fsp3) is 0.640. The van der Waals surface area contributed by atoms with Crippen molar-refractivity contribution < 1.29 is 41.7 Å². The Kier molecular flexibility index (Phi) is 7.42. The van der Waals surface area contributed by atoms with E-state index in [1.807, 2.05) is 0 Å². The van der Waals surface area contributed by atoms with Gasteiger partial charge in [0, 0.05) is 5.92 Å². The lowest BCUT2D eigenvalue weighted by Gasteiger charge is -2.34. The number of fused-ring (bicyclic) bond motifs is 1. The molecule has 2 fully saturated rings. The molecule has 2 aliphatic rings. The van der Waals surface area contributed by atoms with E-state index in [2.05, 4.69) is 15.3 Å². The van der Waals surface area contributed by atoms with Crippen LogP contribution in [0.2, 0.25) is 0 Å². The third-order valence-electron chi connectivity index (χ3n) is 7.11. The number of imidazole rings is 1. The minimum atomic E-state index is -4.28. The molecule has 3 atom stereocenters. The topological polar surface area (TPSA) is 114 Å². The highest BCUT2D eigenvalue weighted by Gasteiger charge is 2.44. The zero-order valence-electron chi connectivity index (χ0n) is 20.8. The van der Waals surface area contributed by atoms with Gasteiger partial charge in [0.15, 0.2) is 5.82 Å². The van der Waals surface area contributed by atoms with E-state index >= 15 is 4.39 Å². The number of ether oxygens (including phenoxy) is 2. The smallest absolute Gasteiger partial charge is 0.408 e. The highest BCUT2D eigenvalue weighted by Crippen LogP contribution is 2.43. The molecular formula is C25H31F4N3O5. The Morgan fingerprint density at radius 3 is 2.43 bits per heavy atom. The molecule has 37 heavy (non-hydrogen) atoms. The fourth-order valence-electron chi connectivity index (χ4n) is 5.24. The van der Waals surface area contributed by atoms with E-state index in [1.54, 1.807) is 26.8 Å². The van der Waals surface area contributed by atoms with Gasteiger partial charge in [-0.15, -0.1) is 0 Å². The van der Waals surface area contributed by atoms with E-state index < -0.39 is 53.5 Å². The second-order valence-corrected chi connectivity index (χ2v) is 10.9. The van der Waals surface area contributed by atoms with Crippen LogP contribution in [0.1, 0.15) is 69.8 Å². The van der Waals surface area contributed by atoms with Crippen LogP contribution >= 0.6 is 0 Å². The Morgan fingerprint density at radius 2 is 1.84 bits per heavy atom. The summed E-state index contributed by atoms with van der Waals surface area (Å²) in [6.07, 6.45) is -4.83. The lowest BCUT2D eigenvalue weighted by Crippen LogP contribution is -2.40. The van der Waals surface area contributed by atoms with E-state index in [9.17, 15) is 27.9 Å². The van der Waals surface area contributed by atoms with Crippen molar-refractivity contribution in [3.8, 4) is 0 Å². The molecule has 12 heteroatoms. The maximum absolute atomic E-state index is 15.6. The zero-order valence-corrected chi connectivity index (χ0v) is 20.8. The first-order valence-corrected chi connectivity index (χ1v) is 12.3. The van der Waals surface area contributed by atoms with Crippen LogP contribution in [0.3, 0.4) is 0 Å². The van der Waals surface area contributed by atoms with Crippen LogP contribution in [0.25, 0.3) is 11.0 Å². The number of nitrogens with zero attached hydrogens (tertiary/aromatic N) is 1. The van der Waals surface area contributed by atoms with Crippen LogP contribution in [0.4, 0.5) is 22.4 Å². The van der Waals surface area contributed by atoms with Crippen molar-refractivity contribution in [2.75, 3.05) is 13.2 Å². The third kappa shape index (κ3) is 6.00. The number of carbonyl (C=O) groups is 2.